The van der Waals surface area contributed by atoms with Gasteiger partial charge in [0.15, 0.2) is 0 Å². The van der Waals surface area contributed by atoms with E-state index < -0.39 is 0 Å². The van der Waals surface area contributed by atoms with E-state index in [4.69, 9.17) is 16.3 Å². The third-order valence-corrected chi connectivity index (χ3v) is 5.17. The Morgan fingerprint density at radius 1 is 1.30 bits per heavy atom. The molecule has 0 saturated heterocycles. The zero-order valence-electron chi connectivity index (χ0n) is 15.2. The standard InChI is InChI=1S/C21H22ClN3O2/c1-14(26)23-13-17-11-15(4-6-19(17)22)20-8-9-24-25(20)18-5-7-21-16(12-18)3-2-10-27-21/h4-8,11-12,24H,2-3,9-10,13H2,1H3,(H,23,26). The molecule has 0 aromatic heterocycles. The SMILES string of the molecule is CC(=O)NCc1cc(C2=CCNN2c2ccc3c(c2)CCCO3)ccc1Cl. The van der Waals surface area contributed by atoms with Gasteiger partial charge in [-0.3, -0.25) is 9.80 Å². The first-order valence-corrected chi connectivity index (χ1v) is 9.52. The van der Waals surface area contributed by atoms with Gasteiger partial charge in [0.05, 0.1) is 18.0 Å². The molecule has 4 rings (SSSR count). The second-order valence-corrected chi connectivity index (χ2v) is 7.15. The number of rotatable bonds is 4. The molecular formula is C21H22ClN3O2. The molecular weight excluding hydrogens is 362 g/mol. The van der Waals surface area contributed by atoms with E-state index >= 15 is 0 Å². The predicted octanol–water partition coefficient (Wildman–Crippen LogP) is 3.67. The predicted molar refractivity (Wildman–Crippen MR) is 108 cm³/mol. The lowest BCUT2D eigenvalue weighted by Gasteiger charge is -2.25. The Morgan fingerprint density at radius 2 is 2.19 bits per heavy atom. The summed E-state index contributed by atoms with van der Waals surface area (Å²) in [5.41, 5.74) is 8.77. The van der Waals surface area contributed by atoms with Crippen molar-refractivity contribution in [2.75, 3.05) is 18.2 Å². The van der Waals surface area contributed by atoms with Crippen LogP contribution in [0.1, 0.15) is 30.0 Å². The van der Waals surface area contributed by atoms with E-state index in [-0.39, 0.29) is 5.91 Å². The Bertz CT molecular complexity index is 910. The van der Waals surface area contributed by atoms with Gasteiger partial charge in [-0.15, -0.1) is 0 Å². The van der Waals surface area contributed by atoms with Crippen LogP contribution < -0.4 is 20.5 Å². The van der Waals surface area contributed by atoms with Crippen LogP contribution in [0.15, 0.2) is 42.5 Å². The molecule has 5 nitrogen and oxygen atoms in total. The topological polar surface area (TPSA) is 53.6 Å². The van der Waals surface area contributed by atoms with Crippen LogP contribution in [0.4, 0.5) is 5.69 Å². The Kier molecular flexibility index (Phi) is 5.05. The number of hydrazine groups is 1. The van der Waals surface area contributed by atoms with E-state index in [0.717, 1.165) is 54.3 Å². The van der Waals surface area contributed by atoms with E-state index in [1.54, 1.807) is 0 Å². The maximum absolute atomic E-state index is 11.2. The van der Waals surface area contributed by atoms with Crippen molar-refractivity contribution in [2.45, 2.75) is 26.3 Å². The molecule has 0 spiro atoms. The molecule has 0 unspecified atom stereocenters. The van der Waals surface area contributed by atoms with Crippen LogP contribution in [-0.4, -0.2) is 19.1 Å². The fourth-order valence-corrected chi connectivity index (χ4v) is 3.65. The third-order valence-electron chi connectivity index (χ3n) is 4.81. The molecule has 2 heterocycles. The summed E-state index contributed by atoms with van der Waals surface area (Å²) in [6.07, 6.45) is 4.25. The van der Waals surface area contributed by atoms with Gasteiger partial charge in [0.2, 0.25) is 5.91 Å². The Labute approximate surface area is 163 Å². The summed E-state index contributed by atoms with van der Waals surface area (Å²) < 4.78 is 5.72. The zero-order chi connectivity index (χ0) is 18.8. The Morgan fingerprint density at radius 3 is 3.04 bits per heavy atom. The average molecular weight is 384 g/mol. The normalized spacial score (nSPS) is 15.8. The van der Waals surface area contributed by atoms with Gasteiger partial charge in [0, 0.05) is 25.0 Å². The molecule has 0 bridgehead atoms. The van der Waals surface area contributed by atoms with Crippen molar-refractivity contribution in [1.29, 1.82) is 0 Å². The molecule has 2 N–H and O–H groups in total. The van der Waals surface area contributed by atoms with Crippen LogP contribution in [0.2, 0.25) is 5.02 Å². The fraction of sp³-hybridized carbons (Fsp3) is 0.286. The molecule has 0 saturated carbocycles. The van der Waals surface area contributed by atoms with Gasteiger partial charge in [0.1, 0.15) is 5.75 Å². The number of carbonyl (C=O) groups excluding carboxylic acids is 1. The summed E-state index contributed by atoms with van der Waals surface area (Å²) in [4.78, 5) is 11.2. The molecule has 0 radical (unpaired) electrons. The molecule has 2 aromatic rings. The number of carbonyl (C=O) groups is 1. The average Bonchev–Trinajstić information content (AvgIpc) is 3.16. The van der Waals surface area contributed by atoms with Crippen LogP contribution >= 0.6 is 11.6 Å². The van der Waals surface area contributed by atoms with E-state index in [2.05, 4.69) is 34.0 Å². The zero-order valence-corrected chi connectivity index (χ0v) is 16.0. The maximum atomic E-state index is 11.2. The second-order valence-electron chi connectivity index (χ2n) is 6.75. The molecule has 2 aromatic carbocycles. The highest BCUT2D eigenvalue weighted by Gasteiger charge is 2.21. The van der Waals surface area contributed by atoms with E-state index in [1.165, 1.54) is 12.5 Å². The van der Waals surface area contributed by atoms with Crippen molar-refractivity contribution in [3.63, 3.8) is 0 Å². The third kappa shape index (κ3) is 3.80. The number of ether oxygens (including phenoxy) is 1. The molecule has 0 aliphatic carbocycles. The number of amides is 1. The van der Waals surface area contributed by atoms with Gasteiger partial charge in [-0.1, -0.05) is 17.7 Å². The molecule has 27 heavy (non-hydrogen) atoms. The summed E-state index contributed by atoms with van der Waals surface area (Å²) in [6.45, 7) is 3.47. The monoisotopic (exact) mass is 383 g/mol. The lowest BCUT2D eigenvalue weighted by molar-refractivity contribution is -0.119. The summed E-state index contributed by atoms with van der Waals surface area (Å²) in [6, 6.07) is 12.2. The number of nitrogens with one attached hydrogen (secondary N) is 2. The lowest BCUT2D eigenvalue weighted by Crippen LogP contribution is -2.31. The number of anilines is 1. The summed E-state index contributed by atoms with van der Waals surface area (Å²) >= 11 is 6.31. The van der Waals surface area contributed by atoms with E-state index in [1.807, 2.05) is 24.3 Å². The minimum atomic E-state index is -0.0730. The van der Waals surface area contributed by atoms with Crippen LogP contribution in [0.5, 0.6) is 5.75 Å². The Balaban J connectivity index is 1.62. The molecule has 0 atom stereocenters. The van der Waals surface area contributed by atoms with Gasteiger partial charge in [-0.05, 0) is 65.9 Å². The van der Waals surface area contributed by atoms with Gasteiger partial charge in [-0.2, -0.15) is 0 Å². The first kappa shape index (κ1) is 17.9. The van der Waals surface area contributed by atoms with Crippen molar-refractivity contribution in [3.8, 4) is 5.75 Å². The van der Waals surface area contributed by atoms with Crippen LogP contribution in [0, 0.1) is 0 Å². The number of hydrogen-bond acceptors (Lipinski definition) is 4. The minimum absolute atomic E-state index is 0.0730. The second kappa shape index (κ2) is 7.62. The van der Waals surface area contributed by atoms with Gasteiger partial charge >= 0.3 is 0 Å². The highest BCUT2D eigenvalue weighted by molar-refractivity contribution is 6.31. The van der Waals surface area contributed by atoms with Crippen molar-refractivity contribution >= 4 is 28.9 Å². The number of benzene rings is 2. The van der Waals surface area contributed by atoms with Crippen molar-refractivity contribution in [1.82, 2.24) is 10.7 Å². The molecule has 140 valence electrons. The number of nitrogens with zero attached hydrogens (tertiary/aromatic N) is 1. The summed E-state index contributed by atoms with van der Waals surface area (Å²) in [5.74, 6) is 0.912. The number of halogens is 1. The largest absolute Gasteiger partial charge is 0.493 e. The first-order chi connectivity index (χ1) is 13.1. The molecule has 2 aliphatic heterocycles. The lowest BCUT2D eigenvalue weighted by atomic mass is 10.0. The maximum Gasteiger partial charge on any atom is 0.217 e. The summed E-state index contributed by atoms with van der Waals surface area (Å²) in [7, 11) is 0. The van der Waals surface area contributed by atoms with E-state index in [0.29, 0.717) is 11.6 Å². The van der Waals surface area contributed by atoms with Gasteiger partial charge < -0.3 is 10.1 Å². The van der Waals surface area contributed by atoms with Gasteiger partial charge in [0.25, 0.3) is 0 Å². The van der Waals surface area contributed by atoms with Crippen LogP contribution in [0.3, 0.4) is 0 Å². The van der Waals surface area contributed by atoms with Crippen molar-refractivity contribution < 1.29 is 9.53 Å². The Hall–Kier alpha value is -2.50. The smallest absolute Gasteiger partial charge is 0.217 e. The van der Waals surface area contributed by atoms with Crippen LogP contribution in [-0.2, 0) is 17.8 Å². The van der Waals surface area contributed by atoms with Crippen molar-refractivity contribution in [3.05, 3.63) is 64.2 Å². The van der Waals surface area contributed by atoms with Gasteiger partial charge in [-0.25, -0.2) is 5.43 Å². The van der Waals surface area contributed by atoms with Crippen LogP contribution in [0.25, 0.3) is 5.70 Å². The first-order valence-electron chi connectivity index (χ1n) is 9.14. The van der Waals surface area contributed by atoms with Crippen molar-refractivity contribution in [2.24, 2.45) is 0 Å². The number of fused-ring (bicyclic) bond motifs is 1. The highest BCUT2D eigenvalue weighted by atomic mass is 35.5. The minimum Gasteiger partial charge on any atom is -0.493 e. The molecule has 6 heteroatoms. The summed E-state index contributed by atoms with van der Waals surface area (Å²) in [5, 5.41) is 5.56. The van der Waals surface area contributed by atoms with E-state index in [9.17, 15) is 4.79 Å². The quantitative estimate of drug-likeness (QED) is 0.845. The number of hydrogen-bond donors (Lipinski definition) is 2. The fourth-order valence-electron chi connectivity index (χ4n) is 3.46. The molecule has 2 aliphatic rings. The highest BCUT2D eigenvalue weighted by Crippen LogP contribution is 2.34. The molecule has 0 fully saturated rings. The number of aryl methyl sites for hydroxylation is 1. The molecule has 1 amide bonds.